The fourth-order valence-corrected chi connectivity index (χ4v) is 2.70. The first-order valence-electron chi connectivity index (χ1n) is 5.48. The number of aliphatic hydroxyl groups excluding tert-OH is 1. The maximum Gasteiger partial charge on any atom is 0.169 e. The van der Waals surface area contributed by atoms with Crippen LogP contribution in [-0.4, -0.2) is 31.1 Å². The zero-order valence-corrected chi connectivity index (χ0v) is 10.8. The molecule has 1 heterocycles. The highest BCUT2D eigenvalue weighted by Gasteiger charge is 2.07. The number of ketones is 1. The second-order valence-electron chi connectivity index (χ2n) is 4.03. The lowest BCUT2D eigenvalue weighted by atomic mass is 10.2. The lowest BCUT2D eigenvalue weighted by Crippen LogP contribution is -2.20. The van der Waals surface area contributed by atoms with Crippen LogP contribution >= 0.6 is 11.3 Å². The van der Waals surface area contributed by atoms with Gasteiger partial charge in [0.2, 0.25) is 0 Å². The Morgan fingerprint density at radius 2 is 2.18 bits per heavy atom. The van der Waals surface area contributed by atoms with Gasteiger partial charge in [0, 0.05) is 24.0 Å². The molecule has 0 saturated heterocycles. The summed E-state index contributed by atoms with van der Waals surface area (Å²) in [5.74, 6) is 0.108. The number of fused-ring (bicyclic) bond motifs is 1. The zero-order valence-electron chi connectivity index (χ0n) is 9.93. The molecular weight excluding hydrogens is 234 g/mol. The van der Waals surface area contributed by atoms with E-state index in [1.165, 1.54) is 11.3 Å². The zero-order chi connectivity index (χ0) is 12.4. The highest BCUT2D eigenvalue weighted by molar-refractivity contribution is 7.20. The van der Waals surface area contributed by atoms with Gasteiger partial charge in [-0.15, -0.1) is 11.3 Å². The van der Waals surface area contributed by atoms with E-state index in [0.29, 0.717) is 6.54 Å². The van der Waals surface area contributed by atoms with E-state index in [0.717, 1.165) is 20.7 Å². The van der Waals surface area contributed by atoms with E-state index in [1.807, 2.05) is 30.1 Å². The molecule has 2 rings (SSSR count). The van der Waals surface area contributed by atoms with E-state index in [9.17, 15) is 4.79 Å². The molecule has 90 valence electrons. The van der Waals surface area contributed by atoms with Crippen molar-refractivity contribution in [3.05, 3.63) is 29.1 Å². The van der Waals surface area contributed by atoms with Crippen molar-refractivity contribution in [3.63, 3.8) is 0 Å². The maximum atomic E-state index is 11.3. The fourth-order valence-electron chi connectivity index (χ4n) is 1.71. The molecule has 3 nitrogen and oxygen atoms in total. The first kappa shape index (κ1) is 12.1. The summed E-state index contributed by atoms with van der Waals surface area (Å²) < 4.78 is 1.11. The third kappa shape index (κ3) is 2.48. The van der Waals surface area contributed by atoms with E-state index in [2.05, 4.69) is 6.07 Å². The predicted octanol–water partition coefficient (Wildman–Crippen LogP) is 2.53. The number of thiophene rings is 1. The molecule has 0 fully saturated rings. The Morgan fingerprint density at radius 3 is 2.82 bits per heavy atom. The monoisotopic (exact) mass is 249 g/mol. The Labute approximate surface area is 104 Å². The molecule has 1 aromatic heterocycles. The molecule has 0 atom stereocenters. The molecule has 1 N–H and O–H groups in total. The van der Waals surface area contributed by atoms with Crippen LogP contribution in [0.2, 0.25) is 0 Å². The number of hydrogen-bond acceptors (Lipinski definition) is 4. The number of anilines is 1. The van der Waals surface area contributed by atoms with Crippen molar-refractivity contribution >= 4 is 32.9 Å². The van der Waals surface area contributed by atoms with Crippen LogP contribution in [0.5, 0.6) is 0 Å². The van der Waals surface area contributed by atoms with Gasteiger partial charge < -0.3 is 10.0 Å². The molecule has 0 radical (unpaired) electrons. The van der Waals surface area contributed by atoms with Crippen LogP contribution < -0.4 is 4.90 Å². The van der Waals surface area contributed by atoms with Crippen molar-refractivity contribution in [2.45, 2.75) is 6.92 Å². The summed E-state index contributed by atoms with van der Waals surface area (Å²) in [5, 5.41) is 10.0. The molecule has 0 saturated carbocycles. The molecule has 2 aromatic rings. The van der Waals surface area contributed by atoms with Crippen LogP contribution in [0.25, 0.3) is 10.1 Å². The Morgan fingerprint density at radius 1 is 1.41 bits per heavy atom. The van der Waals surface area contributed by atoms with Gasteiger partial charge in [-0.3, -0.25) is 4.79 Å². The van der Waals surface area contributed by atoms with E-state index in [-0.39, 0.29) is 12.4 Å². The number of likely N-dealkylation sites (N-methyl/N-ethyl adjacent to an activating group) is 1. The van der Waals surface area contributed by atoms with Crippen molar-refractivity contribution in [1.29, 1.82) is 0 Å². The van der Waals surface area contributed by atoms with Gasteiger partial charge in [-0.2, -0.15) is 0 Å². The first-order valence-corrected chi connectivity index (χ1v) is 6.30. The summed E-state index contributed by atoms with van der Waals surface area (Å²) in [6, 6.07) is 8.01. The van der Waals surface area contributed by atoms with E-state index in [4.69, 9.17) is 5.11 Å². The second kappa shape index (κ2) is 4.85. The fraction of sp³-hybridized carbons (Fsp3) is 0.308. The number of aliphatic hydroxyl groups is 1. The number of hydrogen-bond donors (Lipinski definition) is 1. The number of rotatable bonds is 4. The number of benzene rings is 1. The van der Waals surface area contributed by atoms with Gasteiger partial charge in [-0.1, -0.05) is 6.07 Å². The van der Waals surface area contributed by atoms with Gasteiger partial charge in [-0.05, 0) is 30.5 Å². The van der Waals surface area contributed by atoms with Crippen LogP contribution in [0.3, 0.4) is 0 Å². The Balaban J connectivity index is 2.39. The molecular formula is C13H15NO2S. The van der Waals surface area contributed by atoms with Gasteiger partial charge >= 0.3 is 0 Å². The minimum Gasteiger partial charge on any atom is -0.395 e. The minimum absolute atomic E-state index is 0.108. The first-order chi connectivity index (χ1) is 8.11. The van der Waals surface area contributed by atoms with E-state index in [1.54, 1.807) is 6.92 Å². The van der Waals surface area contributed by atoms with Crippen LogP contribution in [0.4, 0.5) is 5.69 Å². The van der Waals surface area contributed by atoms with Crippen molar-refractivity contribution in [3.8, 4) is 0 Å². The standard InChI is InChI=1S/C13H15NO2S/c1-9(16)12-7-10-3-4-11(8-13(10)17-12)14(2)5-6-15/h3-4,7-8,15H,5-6H2,1-2H3. The van der Waals surface area contributed by atoms with Crippen molar-refractivity contribution < 1.29 is 9.90 Å². The molecule has 0 amide bonds. The SMILES string of the molecule is CC(=O)c1cc2ccc(N(C)CCO)cc2s1. The third-order valence-corrected chi connectivity index (χ3v) is 3.93. The highest BCUT2D eigenvalue weighted by atomic mass is 32.1. The Kier molecular flexibility index (Phi) is 3.45. The Hall–Kier alpha value is -1.39. The lowest BCUT2D eigenvalue weighted by molar-refractivity contribution is 0.102. The van der Waals surface area contributed by atoms with Crippen molar-refractivity contribution in [2.75, 3.05) is 25.1 Å². The number of nitrogens with zero attached hydrogens (tertiary/aromatic N) is 1. The average Bonchev–Trinajstić information content (AvgIpc) is 2.71. The molecule has 0 unspecified atom stereocenters. The van der Waals surface area contributed by atoms with Gasteiger partial charge in [0.25, 0.3) is 0 Å². The predicted molar refractivity (Wildman–Crippen MR) is 72.2 cm³/mol. The molecule has 4 heteroatoms. The molecule has 0 aliphatic heterocycles. The largest absolute Gasteiger partial charge is 0.395 e. The number of carbonyl (C=O) groups excluding carboxylic acids is 1. The van der Waals surface area contributed by atoms with Crippen LogP contribution in [0, 0.1) is 0 Å². The topological polar surface area (TPSA) is 40.5 Å². The van der Waals surface area contributed by atoms with Crippen LogP contribution in [0.1, 0.15) is 16.6 Å². The minimum atomic E-state index is 0.108. The third-order valence-electron chi connectivity index (χ3n) is 2.73. The van der Waals surface area contributed by atoms with Gasteiger partial charge in [0.15, 0.2) is 5.78 Å². The molecule has 0 aliphatic carbocycles. The molecule has 1 aromatic carbocycles. The summed E-state index contributed by atoms with van der Waals surface area (Å²) in [4.78, 5) is 14.1. The number of carbonyl (C=O) groups is 1. The lowest BCUT2D eigenvalue weighted by Gasteiger charge is -2.17. The Bertz CT molecular complexity index is 547. The highest BCUT2D eigenvalue weighted by Crippen LogP contribution is 2.29. The van der Waals surface area contributed by atoms with Crippen LogP contribution in [0.15, 0.2) is 24.3 Å². The summed E-state index contributed by atoms with van der Waals surface area (Å²) in [7, 11) is 1.94. The van der Waals surface area contributed by atoms with Crippen molar-refractivity contribution in [1.82, 2.24) is 0 Å². The summed E-state index contributed by atoms with van der Waals surface area (Å²) in [5.41, 5.74) is 1.06. The van der Waals surface area contributed by atoms with E-state index < -0.39 is 0 Å². The van der Waals surface area contributed by atoms with E-state index >= 15 is 0 Å². The second-order valence-corrected chi connectivity index (χ2v) is 5.12. The molecule has 0 bridgehead atoms. The summed E-state index contributed by atoms with van der Waals surface area (Å²) >= 11 is 1.52. The van der Waals surface area contributed by atoms with Gasteiger partial charge in [0.05, 0.1) is 11.5 Å². The smallest absolute Gasteiger partial charge is 0.169 e. The summed E-state index contributed by atoms with van der Waals surface area (Å²) in [6.45, 7) is 2.33. The quantitative estimate of drug-likeness (QED) is 0.846. The number of Topliss-reactive ketones (excluding diaryl/α,β-unsaturated/α-hetero) is 1. The molecule has 17 heavy (non-hydrogen) atoms. The maximum absolute atomic E-state index is 11.3. The van der Waals surface area contributed by atoms with Crippen LogP contribution in [-0.2, 0) is 0 Å². The van der Waals surface area contributed by atoms with Gasteiger partial charge in [-0.25, -0.2) is 0 Å². The van der Waals surface area contributed by atoms with Gasteiger partial charge in [0.1, 0.15) is 0 Å². The average molecular weight is 249 g/mol. The normalized spacial score (nSPS) is 10.8. The van der Waals surface area contributed by atoms with Crippen molar-refractivity contribution in [2.24, 2.45) is 0 Å². The molecule has 0 spiro atoms. The summed E-state index contributed by atoms with van der Waals surface area (Å²) in [6.07, 6.45) is 0. The molecule has 0 aliphatic rings.